The van der Waals surface area contributed by atoms with Gasteiger partial charge >= 0.3 is 0 Å². The first kappa shape index (κ1) is 18.7. The quantitative estimate of drug-likeness (QED) is 0.451. The fourth-order valence-electron chi connectivity index (χ4n) is 2.79. The van der Waals surface area contributed by atoms with Crippen molar-refractivity contribution in [3.8, 4) is 0 Å². The van der Waals surface area contributed by atoms with Gasteiger partial charge in [-0.05, 0) is 31.7 Å². The molecule has 1 aromatic rings. The topological polar surface area (TPSA) is 46.1 Å². The van der Waals surface area contributed by atoms with Crippen molar-refractivity contribution in [3.63, 3.8) is 0 Å². The summed E-state index contributed by atoms with van der Waals surface area (Å²) in [5.41, 5.74) is 2.57. The van der Waals surface area contributed by atoms with E-state index in [9.17, 15) is 0 Å². The van der Waals surface area contributed by atoms with Gasteiger partial charge < -0.3 is 19.7 Å². The lowest BCUT2D eigenvalue weighted by Gasteiger charge is -2.22. The maximum atomic E-state index is 5.68. The van der Waals surface area contributed by atoms with Gasteiger partial charge in [0.25, 0.3) is 0 Å². The molecule has 0 spiro atoms. The largest absolute Gasteiger partial charge is 0.379 e. The first-order valence-electron chi connectivity index (χ1n) is 8.85. The van der Waals surface area contributed by atoms with Crippen LogP contribution in [0.25, 0.3) is 0 Å². The van der Waals surface area contributed by atoms with E-state index in [0.717, 1.165) is 51.7 Å². The Morgan fingerprint density at radius 1 is 1.38 bits per heavy atom. The Morgan fingerprint density at radius 2 is 2.17 bits per heavy atom. The number of guanidine groups is 1. The van der Waals surface area contributed by atoms with Crippen LogP contribution in [0.5, 0.6) is 0 Å². The molecule has 1 saturated heterocycles. The monoisotopic (exact) mass is 333 g/mol. The average molecular weight is 333 g/mol. The fourth-order valence-corrected chi connectivity index (χ4v) is 2.79. The highest BCUT2D eigenvalue weighted by Gasteiger charge is 2.14. The molecule has 134 valence electrons. The Morgan fingerprint density at radius 3 is 2.83 bits per heavy atom. The number of nitrogens with one attached hydrogen (secondary N) is 1. The van der Waals surface area contributed by atoms with Crippen molar-refractivity contribution in [2.75, 3.05) is 40.5 Å². The van der Waals surface area contributed by atoms with Crippen molar-refractivity contribution in [2.24, 2.45) is 4.99 Å². The summed E-state index contributed by atoms with van der Waals surface area (Å²) in [5, 5.41) is 3.39. The van der Waals surface area contributed by atoms with Gasteiger partial charge in [0.15, 0.2) is 5.96 Å². The number of benzene rings is 1. The lowest BCUT2D eigenvalue weighted by molar-refractivity contribution is 0.0168. The van der Waals surface area contributed by atoms with Crippen molar-refractivity contribution in [2.45, 2.75) is 38.8 Å². The highest BCUT2D eigenvalue weighted by atomic mass is 16.5. The van der Waals surface area contributed by atoms with Gasteiger partial charge in [0.2, 0.25) is 0 Å². The first-order chi connectivity index (χ1) is 11.7. The summed E-state index contributed by atoms with van der Waals surface area (Å²) in [7, 11) is 3.88. The molecule has 0 saturated carbocycles. The van der Waals surface area contributed by atoms with Crippen molar-refractivity contribution in [1.29, 1.82) is 0 Å². The molecule has 1 N–H and O–H groups in total. The van der Waals surface area contributed by atoms with E-state index in [1.807, 2.05) is 7.05 Å². The van der Waals surface area contributed by atoms with Crippen molar-refractivity contribution in [3.05, 3.63) is 35.4 Å². The SMILES string of the molecule is CN=C(NCCCOCC1CCCO1)N(C)Cc1ccc(C)cc1. The second-order valence-electron chi connectivity index (χ2n) is 6.38. The smallest absolute Gasteiger partial charge is 0.193 e. The molecule has 0 amide bonds. The van der Waals surface area contributed by atoms with Crippen molar-refractivity contribution < 1.29 is 9.47 Å². The van der Waals surface area contributed by atoms with Gasteiger partial charge in [0, 0.05) is 40.4 Å². The Bertz CT molecular complexity index is 496. The van der Waals surface area contributed by atoms with Crippen LogP contribution >= 0.6 is 0 Å². The number of aliphatic imine (C=N–C) groups is 1. The molecule has 1 aromatic carbocycles. The second kappa shape index (κ2) is 10.3. The van der Waals surface area contributed by atoms with Crippen LogP contribution in [0.1, 0.15) is 30.4 Å². The molecule has 1 aliphatic rings. The number of aryl methyl sites for hydroxylation is 1. The Labute approximate surface area is 146 Å². The van der Waals surface area contributed by atoms with E-state index >= 15 is 0 Å². The van der Waals surface area contributed by atoms with Crippen LogP contribution in [0.3, 0.4) is 0 Å². The fraction of sp³-hybridized carbons (Fsp3) is 0.632. The standard InChI is InChI=1S/C19H31N3O2/c1-16-7-9-17(10-8-16)14-22(3)19(20-2)21-11-5-12-23-15-18-6-4-13-24-18/h7-10,18H,4-6,11-15H2,1-3H3,(H,20,21). The third-order valence-corrected chi connectivity index (χ3v) is 4.19. The third-order valence-electron chi connectivity index (χ3n) is 4.19. The van der Waals surface area contributed by atoms with Gasteiger partial charge in [-0.1, -0.05) is 29.8 Å². The van der Waals surface area contributed by atoms with Crippen LogP contribution in [0, 0.1) is 6.92 Å². The van der Waals surface area contributed by atoms with E-state index < -0.39 is 0 Å². The number of ether oxygens (including phenoxy) is 2. The molecule has 5 nitrogen and oxygen atoms in total. The van der Waals surface area contributed by atoms with Crippen LogP contribution in [-0.4, -0.2) is 57.4 Å². The summed E-state index contributed by atoms with van der Waals surface area (Å²) in [5.74, 6) is 0.912. The minimum atomic E-state index is 0.311. The molecule has 0 aromatic heterocycles. The average Bonchev–Trinajstić information content (AvgIpc) is 3.09. The van der Waals surface area contributed by atoms with Gasteiger partial charge in [-0.25, -0.2) is 0 Å². The van der Waals surface area contributed by atoms with Gasteiger partial charge in [0.05, 0.1) is 12.7 Å². The van der Waals surface area contributed by atoms with Crippen LogP contribution in [-0.2, 0) is 16.0 Å². The summed E-state index contributed by atoms with van der Waals surface area (Å²) in [6.07, 6.45) is 3.57. The predicted molar refractivity (Wildman–Crippen MR) is 98.4 cm³/mol. The molecular formula is C19H31N3O2. The highest BCUT2D eigenvalue weighted by molar-refractivity contribution is 5.79. The Balaban J connectivity index is 1.61. The molecule has 1 aliphatic heterocycles. The van der Waals surface area contributed by atoms with E-state index in [1.54, 1.807) is 0 Å². The molecule has 1 atom stereocenters. The Hall–Kier alpha value is -1.59. The van der Waals surface area contributed by atoms with E-state index in [1.165, 1.54) is 17.5 Å². The first-order valence-corrected chi connectivity index (χ1v) is 8.85. The molecule has 2 rings (SSSR count). The number of hydrogen-bond donors (Lipinski definition) is 1. The predicted octanol–water partition coefficient (Wildman–Crippen LogP) is 2.59. The van der Waals surface area contributed by atoms with E-state index in [0.29, 0.717) is 6.10 Å². The molecule has 0 radical (unpaired) electrons. The Kier molecular flexibility index (Phi) is 8.05. The normalized spacial score (nSPS) is 18.0. The molecular weight excluding hydrogens is 302 g/mol. The molecule has 1 heterocycles. The molecule has 1 fully saturated rings. The maximum Gasteiger partial charge on any atom is 0.193 e. The summed E-state index contributed by atoms with van der Waals surface area (Å²) >= 11 is 0. The lowest BCUT2D eigenvalue weighted by atomic mass is 10.1. The van der Waals surface area contributed by atoms with Crippen LogP contribution < -0.4 is 5.32 Å². The van der Waals surface area contributed by atoms with Gasteiger partial charge in [0.1, 0.15) is 0 Å². The zero-order valence-corrected chi connectivity index (χ0v) is 15.3. The van der Waals surface area contributed by atoms with Crippen molar-refractivity contribution >= 4 is 5.96 Å². The minimum Gasteiger partial charge on any atom is -0.379 e. The number of nitrogens with zero attached hydrogens (tertiary/aromatic N) is 2. The molecule has 24 heavy (non-hydrogen) atoms. The van der Waals surface area contributed by atoms with Gasteiger partial charge in [-0.3, -0.25) is 4.99 Å². The zero-order chi connectivity index (χ0) is 17.2. The lowest BCUT2D eigenvalue weighted by Crippen LogP contribution is -2.39. The van der Waals surface area contributed by atoms with Gasteiger partial charge in [-0.2, -0.15) is 0 Å². The summed E-state index contributed by atoms with van der Waals surface area (Å²) in [6, 6.07) is 8.62. The second-order valence-corrected chi connectivity index (χ2v) is 6.38. The molecule has 0 bridgehead atoms. The summed E-state index contributed by atoms with van der Waals surface area (Å²) in [6.45, 7) is 6.17. The third kappa shape index (κ3) is 6.49. The summed E-state index contributed by atoms with van der Waals surface area (Å²) in [4.78, 5) is 6.49. The van der Waals surface area contributed by atoms with Crippen LogP contribution in [0.15, 0.2) is 29.3 Å². The molecule has 1 unspecified atom stereocenters. The molecule has 5 heteroatoms. The minimum absolute atomic E-state index is 0.311. The van der Waals surface area contributed by atoms with E-state index in [4.69, 9.17) is 9.47 Å². The number of rotatable bonds is 8. The maximum absolute atomic E-state index is 5.68. The van der Waals surface area contributed by atoms with E-state index in [-0.39, 0.29) is 0 Å². The summed E-state index contributed by atoms with van der Waals surface area (Å²) < 4.78 is 11.2. The van der Waals surface area contributed by atoms with Crippen LogP contribution in [0.4, 0.5) is 0 Å². The van der Waals surface area contributed by atoms with E-state index in [2.05, 4.69) is 53.4 Å². The van der Waals surface area contributed by atoms with Crippen LogP contribution in [0.2, 0.25) is 0 Å². The highest BCUT2D eigenvalue weighted by Crippen LogP contribution is 2.11. The van der Waals surface area contributed by atoms with Crippen molar-refractivity contribution in [1.82, 2.24) is 10.2 Å². The number of hydrogen-bond acceptors (Lipinski definition) is 3. The molecule has 0 aliphatic carbocycles. The zero-order valence-electron chi connectivity index (χ0n) is 15.3. The van der Waals surface area contributed by atoms with Gasteiger partial charge in [-0.15, -0.1) is 0 Å².